The summed E-state index contributed by atoms with van der Waals surface area (Å²) in [5.74, 6) is -0.785. The number of rotatable bonds is 10. The lowest BCUT2D eigenvalue weighted by molar-refractivity contribution is -0.167. The maximum atomic E-state index is 6.28. The molecule has 3 rings (SSSR count). The van der Waals surface area contributed by atoms with E-state index in [9.17, 15) is 0 Å². The normalized spacial score (nSPS) is 24.1. The zero-order chi connectivity index (χ0) is 20.7. The van der Waals surface area contributed by atoms with Gasteiger partial charge in [-0.05, 0) is 25.0 Å². The van der Waals surface area contributed by atoms with Gasteiger partial charge in [0.2, 0.25) is 0 Å². The summed E-state index contributed by atoms with van der Waals surface area (Å²) in [6, 6.07) is 20.1. The van der Waals surface area contributed by atoms with Gasteiger partial charge in [0.1, 0.15) is 17.8 Å². The Bertz CT molecular complexity index is 787. The molecule has 0 amide bonds. The van der Waals surface area contributed by atoms with Gasteiger partial charge in [-0.2, -0.15) is 0 Å². The average Bonchev–Trinajstić information content (AvgIpc) is 3.01. The number of hydrogen-bond donors (Lipinski definition) is 0. The average molecular weight is 395 g/mol. The Morgan fingerprint density at radius 2 is 1.55 bits per heavy atom. The SMILES string of the molecule is C=C[C@@H](OCc1ccccc1)[C@@H]1OC(C)(C)O[C@@]1(C=C)COCc1ccccc1. The third-order valence-electron chi connectivity index (χ3n) is 4.93. The van der Waals surface area contributed by atoms with Crippen LogP contribution in [0.4, 0.5) is 0 Å². The summed E-state index contributed by atoms with van der Waals surface area (Å²) in [4.78, 5) is 0. The van der Waals surface area contributed by atoms with Crippen molar-refractivity contribution in [1.29, 1.82) is 0 Å². The summed E-state index contributed by atoms with van der Waals surface area (Å²) in [6.45, 7) is 13.0. The quantitative estimate of drug-likeness (QED) is 0.529. The molecule has 2 aromatic rings. The van der Waals surface area contributed by atoms with Crippen LogP contribution in [0.1, 0.15) is 25.0 Å². The first-order valence-corrected chi connectivity index (χ1v) is 9.89. The second kappa shape index (κ2) is 9.51. The van der Waals surface area contributed by atoms with E-state index < -0.39 is 17.5 Å². The van der Waals surface area contributed by atoms with Crippen molar-refractivity contribution in [1.82, 2.24) is 0 Å². The Balaban J connectivity index is 1.71. The zero-order valence-electron chi connectivity index (χ0n) is 17.3. The first-order chi connectivity index (χ1) is 14.0. The van der Waals surface area contributed by atoms with Gasteiger partial charge in [0.15, 0.2) is 5.79 Å². The van der Waals surface area contributed by atoms with Crippen molar-refractivity contribution in [2.45, 2.75) is 50.7 Å². The molecule has 29 heavy (non-hydrogen) atoms. The van der Waals surface area contributed by atoms with Crippen LogP contribution in [-0.4, -0.2) is 30.2 Å². The minimum absolute atomic E-state index is 0.304. The lowest BCUT2D eigenvalue weighted by Crippen LogP contribution is -2.49. The van der Waals surface area contributed by atoms with Crippen LogP contribution in [0.2, 0.25) is 0 Å². The molecule has 154 valence electrons. The first kappa shape index (κ1) is 21.5. The van der Waals surface area contributed by atoms with Gasteiger partial charge in [0.05, 0.1) is 19.8 Å². The molecule has 1 heterocycles. The molecule has 0 radical (unpaired) electrons. The number of benzene rings is 2. The van der Waals surface area contributed by atoms with Gasteiger partial charge in [0.25, 0.3) is 0 Å². The monoisotopic (exact) mass is 394 g/mol. The molecule has 0 aliphatic carbocycles. The fourth-order valence-corrected chi connectivity index (χ4v) is 3.57. The molecule has 4 heteroatoms. The topological polar surface area (TPSA) is 36.9 Å². The highest BCUT2D eigenvalue weighted by atomic mass is 16.8. The number of hydrogen-bond acceptors (Lipinski definition) is 4. The van der Waals surface area contributed by atoms with E-state index in [0.29, 0.717) is 19.8 Å². The molecule has 1 aliphatic rings. The summed E-state index contributed by atoms with van der Waals surface area (Å²) < 4.78 is 24.7. The molecule has 0 aromatic heterocycles. The van der Waals surface area contributed by atoms with Crippen molar-refractivity contribution in [3.05, 3.63) is 97.1 Å². The predicted octanol–water partition coefficient (Wildman–Crippen LogP) is 5.05. The number of ether oxygens (including phenoxy) is 4. The Kier molecular flexibility index (Phi) is 7.04. The molecule has 0 unspecified atom stereocenters. The van der Waals surface area contributed by atoms with Crippen LogP contribution >= 0.6 is 0 Å². The smallest absolute Gasteiger partial charge is 0.164 e. The molecular formula is C25H30O4. The van der Waals surface area contributed by atoms with Gasteiger partial charge in [-0.3, -0.25) is 0 Å². The van der Waals surface area contributed by atoms with E-state index >= 15 is 0 Å². The second-order valence-corrected chi connectivity index (χ2v) is 7.67. The summed E-state index contributed by atoms with van der Waals surface area (Å²) in [5, 5.41) is 0. The van der Waals surface area contributed by atoms with Crippen LogP contribution < -0.4 is 0 Å². The van der Waals surface area contributed by atoms with Gasteiger partial charge in [0, 0.05) is 0 Å². The summed E-state index contributed by atoms with van der Waals surface area (Å²) >= 11 is 0. The Morgan fingerprint density at radius 3 is 2.10 bits per heavy atom. The molecule has 2 aromatic carbocycles. The Morgan fingerprint density at radius 1 is 0.966 bits per heavy atom. The first-order valence-electron chi connectivity index (χ1n) is 9.89. The van der Waals surface area contributed by atoms with Crippen LogP contribution in [0.3, 0.4) is 0 Å². The van der Waals surface area contributed by atoms with Crippen LogP contribution in [0, 0.1) is 0 Å². The molecule has 1 fully saturated rings. The van der Waals surface area contributed by atoms with Gasteiger partial charge in [-0.25, -0.2) is 0 Å². The summed E-state index contributed by atoms with van der Waals surface area (Å²) in [6.07, 6.45) is 2.72. The molecule has 0 saturated carbocycles. The highest BCUT2D eigenvalue weighted by Crippen LogP contribution is 2.40. The van der Waals surface area contributed by atoms with Crippen molar-refractivity contribution in [2.24, 2.45) is 0 Å². The fraction of sp³-hybridized carbons (Fsp3) is 0.360. The van der Waals surface area contributed by atoms with Crippen LogP contribution in [0.15, 0.2) is 86.0 Å². The second-order valence-electron chi connectivity index (χ2n) is 7.67. The van der Waals surface area contributed by atoms with E-state index in [1.807, 2.05) is 74.5 Å². The predicted molar refractivity (Wildman–Crippen MR) is 114 cm³/mol. The molecule has 1 aliphatic heterocycles. The van der Waals surface area contributed by atoms with Crippen molar-refractivity contribution in [3.63, 3.8) is 0 Å². The van der Waals surface area contributed by atoms with Crippen LogP contribution in [0.5, 0.6) is 0 Å². The summed E-state index contributed by atoms with van der Waals surface area (Å²) in [7, 11) is 0. The lowest BCUT2D eigenvalue weighted by Gasteiger charge is -2.33. The molecule has 0 N–H and O–H groups in total. The minimum atomic E-state index is -0.839. The highest BCUT2D eigenvalue weighted by Gasteiger charge is 2.54. The molecule has 0 bridgehead atoms. The molecule has 4 nitrogen and oxygen atoms in total. The standard InChI is InChI=1S/C25H30O4/c1-5-22(27-18-21-15-11-8-12-16-21)23-25(6-2,29-24(3,4)28-23)19-26-17-20-13-9-7-10-14-20/h5-16,22-23H,1-2,17-19H2,3-4H3/t22-,23+,25+/m1/s1. The largest absolute Gasteiger partial charge is 0.373 e. The molecule has 3 atom stereocenters. The van der Waals surface area contributed by atoms with Crippen molar-refractivity contribution < 1.29 is 18.9 Å². The van der Waals surface area contributed by atoms with Crippen molar-refractivity contribution in [2.75, 3.05) is 6.61 Å². The Labute approximate surface area is 173 Å². The van der Waals surface area contributed by atoms with Gasteiger partial charge in [-0.1, -0.05) is 72.8 Å². The lowest BCUT2D eigenvalue weighted by atomic mass is 9.93. The third kappa shape index (κ3) is 5.43. The molecular weight excluding hydrogens is 364 g/mol. The van der Waals surface area contributed by atoms with Gasteiger partial charge in [-0.15, -0.1) is 13.2 Å². The third-order valence-corrected chi connectivity index (χ3v) is 4.93. The maximum absolute atomic E-state index is 6.28. The summed E-state index contributed by atoms with van der Waals surface area (Å²) in [5.41, 5.74) is 1.34. The zero-order valence-corrected chi connectivity index (χ0v) is 17.3. The van der Waals surface area contributed by atoms with Crippen molar-refractivity contribution >= 4 is 0 Å². The van der Waals surface area contributed by atoms with Gasteiger partial charge >= 0.3 is 0 Å². The van der Waals surface area contributed by atoms with E-state index in [0.717, 1.165) is 11.1 Å². The van der Waals surface area contributed by atoms with Crippen LogP contribution in [0.25, 0.3) is 0 Å². The fourth-order valence-electron chi connectivity index (χ4n) is 3.57. The van der Waals surface area contributed by atoms with Gasteiger partial charge < -0.3 is 18.9 Å². The Hall–Kier alpha value is -2.24. The highest BCUT2D eigenvalue weighted by molar-refractivity contribution is 5.16. The maximum Gasteiger partial charge on any atom is 0.164 e. The van der Waals surface area contributed by atoms with Crippen molar-refractivity contribution in [3.8, 4) is 0 Å². The van der Waals surface area contributed by atoms with Crippen LogP contribution in [-0.2, 0) is 32.2 Å². The van der Waals surface area contributed by atoms with E-state index in [4.69, 9.17) is 18.9 Å². The molecule has 1 saturated heterocycles. The molecule has 0 spiro atoms. The van der Waals surface area contributed by atoms with E-state index in [1.165, 1.54) is 0 Å². The minimum Gasteiger partial charge on any atom is -0.373 e. The van der Waals surface area contributed by atoms with E-state index in [1.54, 1.807) is 12.2 Å². The van der Waals surface area contributed by atoms with E-state index in [-0.39, 0.29) is 6.10 Å². The van der Waals surface area contributed by atoms with E-state index in [2.05, 4.69) is 13.2 Å².